The summed E-state index contributed by atoms with van der Waals surface area (Å²) in [5, 5.41) is 0. The summed E-state index contributed by atoms with van der Waals surface area (Å²) in [6, 6.07) is 5.04. The zero-order chi connectivity index (χ0) is 15.4. The van der Waals surface area contributed by atoms with Crippen molar-refractivity contribution in [2.75, 3.05) is 7.11 Å². The van der Waals surface area contributed by atoms with Gasteiger partial charge in [-0.05, 0) is 34.1 Å². The third kappa shape index (κ3) is 3.08. The molecule has 0 saturated carbocycles. The van der Waals surface area contributed by atoms with Crippen LogP contribution >= 0.6 is 15.9 Å². The van der Waals surface area contributed by atoms with Crippen molar-refractivity contribution in [2.45, 2.75) is 0 Å². The number of methoxy groups -OCH3 is 1. The summed E-state index contributed by atoms with van der Waals surface area (Å²) in [5.74, 6) is -0.405. The quantitative estimate of drug-likeness (QED) is 0.622. The van der Waals surface area contributed by atoms with Gasteiger partial charge in [-0.1, -0.05) is 31.4 Å². The van der Waals surface area contributed by atoms with Crippen LogP contribution in [0, 0.1) is 0 Å². The number of ether oxygens (including phenoxy) is 1. The van der Waals surface area contributed by atoms with Crippen molar-refractivity contribution < 1.29 is 9.53 Å². The lowest BCUT2D eigenvalue weighted by Crippen LogP contribution is -2.02. The Morgan fingerprint density at radius 3 is 2.67 bits per heavy atom. The molecule has 0 aliphatic rings. The Morgan fingerprint density at radius 2 is 2.05 bits per heavy atom. The van der Waals surface area contributed by atoms with Gasteiger partial charge in [0.05, 0.1) is 23.7 Å². The van der Waals surface area contributed by atoms with E-state index in [1.54, 1.807) is 36.4 Å². The molecule has 0 atom stereocenters. The van der Waals surface area contributed by atoms with E-state index < -0.39 is 5.97 Å². The standard InChI is InChI=1S/C16H13BrN2O2/c1-4-6-10(5-2)14-15(17)19-13-9-11(16(20)21-3)7-8-12(13)18-14/h4-9H,1-2H2,3H3/b10-6+. The maximum Gasteiger partial charge on any atom is 0.337 e. The first-order valence-corrected chi connectivity index (χ1v) is 6.91. The highest BCUT2D eigenvalue weighted by atomic mass is 79.9. The fourth-order valence-corrected chi connectivity index (χ4v) is 2.34. The third-order valence-corrected chi connectivity index (χ3v) is 3.39. The summed E-state index contributed by atoms with van der Waals surface area (Å²) < 4.78 is 5.27. The number of aromatic nitrogens is 2. The van der Waals surface area contributed by atoms with Crippen LogP contribution < -0.4 is 0 Å². The Hall–Kier alpha value is -2.27. The normalized spacial score (nSPS) is 11.2. The molecular weight excluding hydrogens is 332 g/mol. The van der Waals surface area contributed by atoms with Gasteiger partial charge in [0.2, 0.25) is 0 Å². The number of hydrogen-bond acceptors (Lipinski definition) is 4. The van der Waals surface area contributed by atoms with Crippen LogP contribution in [0.25, 0.3) is 16.6 Å². The summed E-state index contributed by atoms with van der Waals surface area (Å²) in [4.78, 5) is 20.5. The van der Waals surface area contributed by atoms with Crippen LogP contribution in [0.3, 0.4) is 0 Å². The fourth-order valence-electron chi connectivity index (χ4n) is 1.83. The number of benzene rings is 1. The lowest BCUT2D eigenvalue weighted by molar-refractivity contribution is 0.0601. The van der Waals surface area contributed by atoms with E-state index in [1.165, 1.54) is 7.11 Å². The molecule has 0 N–H and O–H groups in total. The molecule has 0 amide bonds. The molecular formula is C16H13BrN2O2. The fraction of sp³-hybridized carbons (Fsp3) is 0.0625. The second-order valence-electron chi connectivity index (χ2n) is 4.12. The molecule has 0 aliphatic carbocycles. The van der Waals surface area contributed by atoms with E-state index in [1.807, 2.05) is 0 Å². The average Bonchev–Trinajstić information content (AvgIpc) is 2.50. The molecule has 0 bridgehead atoms. The molecule has 5 heteroatoms. The number of nitrogens with zero attached hydrogens (tertiary/aromatic N) is 2. The zero-order valence-corrected chi connectivity index (χ0v) is 13.1. The van der Waals surface area contributed by atoms with Crippen LogP contribution in [-0.4, -0.2) is 23.0 Å². The number of carbonyl (C=O) groups excluding carboxylic acids is 1. The Morgan fingerprint density at radius 1 is 1.29 bits per heavy atom. The monoisotopic (exact) mass is 344 g/mol. The van der Waals surface area contributed by atoms with Crippen molar-refractivity contribution in [1.29, 1.82) is 0 Å². The van der Waals surface area contributed by atoms with Gasteiger partial charge in [0, 0.05) is 5.57 Å². The van der Waals surface area contributed by atoms with E-state index in [9.17, 15) is 4.79 Å². The number of allylic oxidation sites excluding steroid dienone is 4. The maximum absolute atomic E-state index is 11.5. The molecule has 4 nitrogen and oxygen atoms in total. The number of carbonyl (C=O) groups is 1. The summed E-state index contributed by atoms with van der Waals surface area (Å²) in [6.07, 6.45) is 5.15. The topological polar surface area (TPSA) is 52.1 Å². The lowest BCUT2D eigenvalue weighted by atomic mass is 10.1. The molecule has 0 saturated heterocycles. The highest BCUT2D eigenvalue weighted by Crippen LogP contribution is 2.25. The van der Waals surface area contributed by atoms with Crippen molar-refractivity contribution in [1.82, 2.24) is 9.97 Å². The van der Waals surface area contributed by atoms with Gasteiger partial charge in [-0.2, -0.15) is 0 Å². The number of rotatable bonds is 4. The van der Waals surface area contributed by atoms with E-state index in [0.29, 0.717) is 26.9 Å². The van der Waals surface area contributed by atoms with Gasteiger partial charge in [0.1, 0.15) is 10.3 Å². The van der Waals surface area contributed by atoms with Crippen molar-refractivity contribution in [3.05, 3.63) is 65.4 Å². The SMILES string of the molecule is C=C/C=C(\C=C)c1nc2ccc(C(=O)OC)cc2nc1Br. The van der Waals surface area contributed by atoms with Crippen LogP contribution in [0.15, 0.2) is 54.2 Å². The zero-order valence-electron chi connectivity index (χ0n) is 11.5. The van der Waals surface area contributed by atoms with Gasteiger partial charge in [0.15, 0.2) is 0 Å². The molecule has 1 aromatic carbocycles. The smallest absolute Gasteiger partial charge is 0.337 e. The molecule has 0 unspecified atom stereocenters. The van der Waals surface area contributed by atoms with E-state index >= 15 is 0 Å². The highest BCUT2D eigenvalue weighted by molar-refractivity contribution is 9.10. The van der Waals surface area contributed by atoms with Crippen molar-refractivity contribution in [3.63, 3.8) is 0 Å². The molecule has 1 heterocycles. The summed E-state index contributed by atoms with van der Waals surface area (Å²) in [5.41, 5.74) is 3.20. The number of esters is 1. The number of fused-ring (bicyclic) bond motifs is 1. The van der Waals surface area contributed by atoms with Crippen LogP contribution in [0.5, 0.6) is 0 Å². The van der Waals surface area contributed by atoms with Gasteiger partial charge in [-0.3, -0.25) is 0 Å². The van der Waals surface area contributed by atoms with Gasteiger partial charge < -0.3 is 4.74 Å². The van der Waals surface area contributed by atoms with Gasteiger partial charge in [-0.25, -0.2) is 14.8 Å². The molecule has 1 aromatic heterocycles. The van der Waals surface area contributed by atoms with Crippen molar-refractivity contribution in [2.24, 2.45) is 0 Å². The lowest BCUT2D eigenvalue weighted by Gasteiger charge is -2.07. The number of halogens is 1. The van der Waals surface area contributed by atoms with E-state index in [4.69, 9.17) is 4.74 Å². The Kier molecular flexibility index (Phi) is 4.65. The van der Waals surface area contributed by atoms with Crippen LogP contribution in [0.2, 0.25) is 0 Å². The van der Waals surface area contributed by atoms with Gasteiger partial charge in [0.25, 0.3) is 0 Å². The Bertz CT molecular complexity index is 766. The van der Waals surface area contributed by atoms with E-state index in [2.05, 4.69) is 39.1 Å². The Labute approximate surface area is 131 Å². The van der Waals surface area contributed by atoms with Crippen LogP contribution in [-0.2, 0) is 4.74 Å². The maximum atomic E-state index is 11.5. The van der Waals surface area contributed by atoms with Crippen LogP contribution in [0.4, 0.5) is 0 Å². The first kappa shape index (κ1) is 15.1. The summed E-state index contributed by atoms with van der Waals surface area (Å²) in [6.45, 7) is 7.43. The largest absolute Gasteiger partial charge is 0.465 e. The van der Waals surface area contributed by atoms with E-state index in [0.717, 1.165) is 5.57 Å². The second-order valence-corrected chi connectivity index (χ2v) is 4.87. The summed E-state index contributed by atoms with van der Waals surface area (Å²) in [7, 11) is 1.34. The second kappa shape index (κ2) is 6.45. The van der Waals surface area contributed by atoms with E-state index in [-0.39, 0.29) is 0 Å². The van der Waals surface area contributed by atoms with Gasteiger partial charge in [-0.15, -0.1) is 0 Å². The molecule has 2 rings (SSSR count). The predicted molar refractivity (Wildman–Crippen MR) is 86.9 cm³/mol. The molecule has 21 heavy (non-hydrogen) atoms. The first-order valence-electron chi connectivity index (χ1n) is 6.12. The molecule has 2 aromatic rings. The minimum Gasteiger partial charge on any atom is -0.465 e. The molecule has 0 fully saturated rings. The predicted octanol–water partition coefficient (Wildman–Crippen LogP) is 3.93. The third-order valence-electron chi connectivity index (χ3n) is 2.83. The molecule has 106 valence electrons. The summed E-state index contributed by atoms with van der Waals surface area (Å²) >= 11 is 3.39. The first-order chi connectivity index (χ1) is 10.1. The molecule has 0 spiro atoms. The van der Waals surface area contributed by atoms with Crippen molar-refractivity contribution in [3.8, 4) is 0 Å². The average molecular weight is 345 g/mol. The molecule has 0 radical (unpaired) electrons. The van der Waals surface area contributed by atoms with Crippen LogP contribution in [0.1, 0.15) is 16.1 Å². The molecule has 0 aliphatic heterocycles. The number of hydrogen-bond donors (Lipinski definition) is 0. The van der Waals surface area contributed by atoms with Crippen molar-refractivity contribution >= 4 is 38.5 Å². The highest BCUT2D eigenvalue weighted by Gasteiger charge is 2.12. The minimum atomic E-state index is -0.405. The minimum absolute atomic E-state index is 0.405. The Balaban J connectivity index is 2.62. The van der Waals surface area contributed by atoms with Gasteiger partial charge >= 0.3 is 5.97 Å².